The molecule has 0 bridgehead atoms. The highest BCUT2D eigenvalue weighted by Crippen LogP contribution is 2.10. The van der Waals surface area contributed by atoms with Crippen molar-refractivity contribution in [3.63, 3.8) is 0 Å². The van der Waals surface area contributed by atoms with Gasteiger partial charge in [0.1, 0.15) is 0 Å². The zero-order valence-electron chi connectivity index (χ0n) is 11.4. The maximum absolute atomic E-state index is 12.1. The number of hydrogen-bond donors (Lipinski definition) is 2. The van der Waals surface area contributed by atoms with Crippen LogP contribution in [0.3, 0.4) is 0 Å². The minimum absolute atomic E-state index is 0.198. The summed E-state index contributed by atoms with van der Waals surface area (Å²) in [5, 5.41) is 5.95. The maximum Gasteiger partial charge on any atom is 0.257 e. The van der Waals surface area contributed by atoms with Crippen LogP contribution >= 0.6 is 12.2 Å². The molecule has 20 heavy (non-hydrogen) atoms. The molecule has 0 unspecified atom stereocenters. The lowest BCUT2D eigenvalue weighted by Crippen LogP contribution is -2.34. The standard InChI is InChI=1S/C16H16N2OS/c1-11-8-9-14(12(2)10-11)15(19)18-16(20)17-13-6-4-3-5-7-13/h3-10H,1-2H3,(H2,17,18,19,20). The second-order valence-electron chi connectivity index (χ2n) is 4.59. The van der Waals surface area contributed by atoms with Gasteiger partial charge in [-0.05, 0) is 49.8 Å². The lowest BCUT2D eigenvalue weighted by molar-refractivity contribution is 0.0977. The Kier molecular flexibility index (Phi) is 4.48. The van der Waals surface area contributed by atoms with Crippen LogP contribution < -0.4 is 10.6 Å². The van der Waals surface area contributed by atoms with Gasteiger partial charge in [0.15, 0.2) is 5.11 Å². The molecule has 0 fully saturated rings. The van der Waals surface area contributed by atoms with Crippen LogP contribution in [0, 0.1) is 13.8 Å². The Morgan fingerprint density at radius 2 is 1.75 bits per heavy atom. The highest BCUT2D eigenvalue weighted by atomic mass is 32.1. The van der Waals surface area contributed by atoms with E-state index in [1.165, 1.54) is 0 Å². The van der Waals surface area contributed by atoms with Crippen LogP contribution in [0.2, 0.25) is 0 Å². The van der Waals surface area contributed by atoms with Gasteiger partial charge in [0.2, 0.25) is 0 Å². The molecule has 0 saturated heterocycles. The van der Waals surface area contributed by atoms with Crippen molar-refractivity contribution in [3.8, 4) is 0 Å². The van der Waals surface area contributed by atoms with E-state index in [0.717, 1.165) is 16.8 Å². The summed E-state index contributed by atoms with van der Waals surface area (Å²) >= 11 is 5.14. The van der Waals surface area contributed by atoms with Crippen LogP contribution in [-0.2, 0) is 0 Å². The van der Waals surface area contributed by atoms with Crippen molar-refractivity contribution in [3.05, 3.63) is 65.2 Å². The molecular weight excluding hydrogens is 268 g/mol. The minimum atomic E-state index is -0.198. The molecule has 3 nitrogen and oxygen atoms in total. The molecule has 2 aromatic carbocycles. The van der Waals surface area contributed by atoms with Crippen LogP contribution in [0.25, 0.3) is 0 Å². The Labute approximate surface area is 124 Å². The first-order chi connectivity index (χ1) is 9.56. The Balaban J connectivity index is 2.02. The molecule has 0 aliphatic rings. The molecule has 1 amide bonds. The number of rotatable bonds is 2. The fourth-order valence-electron chi connectivity index (χ4n) is 1.92. The second kappa shape index (κ2) is 6.30. The molecule has 0 aromatic heterocycles. The Morgan fingerprint density at radius 1 is 1.05 bits per heavy atom. The first kappa shape index (κ1) is 14.2. The van der Waals surface area contributed by atoms with Gasteiger partial charge in [-0.15, -0.1) is 0 Å². The van der Waals surface area contributed by atoms with E-state index in [9.17, 15) is 4.79 Å². The topological polar surface area (TPSA) is 41.1 Å². The highest BCUT2D eigenvalue weighted by molar-refractivity contribution is 7.80. The molecular formula is C16H16N2OS. The van der Waals surface area contributed by atoms with E-state index >= 15 is 0 Å². The fraction of sp³-hybridized carbons (Fsp3) is 0.125. The van der Waals surface area contributed by atoms with Gasteiger partial charge in [0, 0.05) is 11.3 Å². The van der Waals surface area contributed by atoms with E-state index in [2.05, 4.69) is 10.6 Å². The van der Waals surface area contributed by atoms with Crippen molar-refractivity contribution in [2.75, 3.05) is 5.32 Å². The molecule has 0 atom stereocenters. The second-order valence-corrected chi connectivity index (χ2v) is 5.00. The first-order valence-electron chi connectivity index (χ1n) is 6.31. The zero-order chi connectivity index (χ0) is 14.5. The zero-order valence-corrected chi connectivity index (χ0v) is 12.3. The normalized spacial score (nSPS) is 9.90. The Morgan fingerprint density at radius 3 is 2.40 bits per heavy atom. The van der Waals surface area contributed by atoms with Gasteiger partial charge in [-0.2, -0.15) is 0 Å². The van der Waals surface area contributed by atoms with Crippen LogP contribution in [0.4, 0.5) is 5.69 Å². The smallest absolute Gasteiger partial charge is 0.257 e. The van der Waals surface area contributed by atoms with Crippen LogP contribution in [0.5, 0.6) is 0 Å². The SMILES string of the molecule is Cc1ccc(C(=O)NC(=S)Nc2ccccc2)c(C)c1. The number of aryl methyl sites for hydroxylation is 2. The number of anilines is 1. The molecule has 0 aliphatic heterocycles. The lowest BCUT2D eigenvalue weighted by Gasteiger charge is -2.11. The molecule has 4 heteroatoms. The van der Waals surface area contributed by atoms with Crippen molar-refractivity contribution < 1.29 is 4.79 Å². The van der Waals surface area contributed by atoms with E-state index < -0.39 is 0 Å². The van der Waals surface area contributed by atoms with Gasteiger partial charge in [-0.3, -0.25) is 10.1 Å². The summed E-state index contributed by atoms with van der Waals surface area (Å²) in [4.78, 5) is 12.1. The molecule has 2 aromatic rings. The molecule has 0 aliphatic carbocycles. The van der Waals surface area contributed by atoms with E-state index in [4.69, 9.17) is 12.2 Å². The molecule has 0 saturated carbocycles. The fourth-order valence-corrected chi connectivity index (χ4v) is 2.13. The molecule has 0 radical (unpaired) electrons. The predicted octanol–water partition coefficient (Wildman–Crippen LogP) is 3.43. The lowest BCUT2D eigenvalue weighted by atomic mass is 10.1. The molecule has 102 valence electrons. The van der Waals surface area contributed by atoms with Gasteiger partial charge in [0.25, 0.3) is 5.91 Å². The van der Waals surface area contributed by atoms with Crippen LogP contribution in [0.15, 0.2) is 48.5 Å². The summed E-state index contributed by atoms with van der Waals surface area (Å²) in [5.74, 6) is -0.198. The summed E-state index contributed by atoms with van der Waals surface area (Å²) in [6.45, 7) is 3.91. The average molecular weight is 284 g/mol. The number of para-hydroxylation sites is 1. The Hall–Kier alpha value is -2.20. The van der Waals surface area contributed by atoms with Gasteiger partial charge >= 0.3 is 0 Å². The van der Waals surface area contributed by atoms with E-state index in [0.29, 0.717) is 10.7 Å². The summed E-state index contributed by atoms with van der Waals surface area (Å²) in [6, 6.07) is 15.2. The number of nitrogens with one attached hydrogen (secondary N) is 2. The highest BCUT2D eigenvalue weighted by Gasteiger charge is 2.10. The van der Waals surface area contributed by atoms with Crippen LogP contribution in [0.1, 0.15) is 21.5 Å². The Bertz CT molecular complexity index is 638. The minimum Gasteiger partial charge on any atom is -0.332 e. The summed E-state index contributed by atoms with van der Waals surface area (Å²) in [7, 11) is 0. The summed E-state index contributed by atoms with van der Waals surface area (Å²) < 4.78 is 0. The third kappa shape index (κ3) is 3.65. The third-order valence-corrected chi connectivity index (χ3v) is 3.09. The molecule has 0 spiro atoms. The molecule has 2 rings (SSSR count). The van der Waals surface area contributed by atoms with Crippen molar-refractivity contribution >= 4 is 28.9 Å². The van der Waals surface area contributed by atoms with Crippen molar-refractivity contribution in [2.24, 2.45) is 0 Å². The quantitative estimate of drug-likeness (QED) is 0.830. The number of amides is 1. The van der Waals surface area contributed by atoms with Crippen molar-refractivity contribution in [1.82, 2.24) is 5.32 Å². The van der Waals surface area contributed by atoms with Gasteiger partial charge < -0.3 is 5.32 Å². The summed E-state index contributed by atoms with van der Waals surface area (Å²) in [6.07, 6.45) is 0. The van der Waals surface area contributed by atoms with Gasteiger partial charge in [-0.25, -0.2) is 0 Å². The number of carbonyl (C=O) groups excluding carboxylic acids is 1. The molecule has 2 N–H and O–H groups in total. The number of hydrogen-bond acceptors (Lipinski definition) is 2. The summed E-state index contributed by atoms with van der Waals surface area (Å²) in [5.41, 5.74) is 3.54. The number of thiocarbonyl (C=S) groups is 1. The predicted molar refractivity (Wildman–Crippen MR) is 86.0 cm³/mol. The largest absolute Gasteiger partial charge is 0.332 e. The monoisotopic (exact) mass is 284 g/mol. The average Bonchev–Trinajstić information content (AvgIpc) is 2.39. The van der Waals surface area contributed by atoms with Crippen molar-refractivity contribution in [1.29, 1.82) is 0 Å². The first-order valence-corrected chi connectivity index (χ1v) is 6.72. The number of carbonyl (C=O) groups is 1. The van der Waals surface area contributed by atoms with Gasteiger partial charge in [-0.1, -0.05) is 35.9 Å². The maximum atomic E-state index is 12.1. The van der Waals surface area contributed by atoms with E-state index in [-0.39, 0.29) is 5.91 Å². The van der Waals surface area contributed by atoms with E-state index in [1.54, 1.807) is 0 Å². The van der Waals surface area contributed by atoms with Crippen molar-refractivity contribution in [2.45, 2.75) is 13.8 Å². The third-order valence-electron chi connectivity index (χ3n) is 2.89. The number of benzene rings is 2. The van der Waals surface area contributed by atoms with E-state index in [1.807, 2.05) is 62.4 Å². The molecule has 0 heterocycles. The van der Waals surface area contributed by atoms with Crippen LogP contribution in [-0.4, -0.2) is 11.0 Å². The van der Waals surface area contributed by atoms with Gasteiger partial charge in [0.05, 0.1) is 0 Å².